The monoisotopic (exact) mass is 289 g/mol. The maximum absolute atomic E-state index is 12.1. The molecular weight excluding hydrogens is 266 g/mol. The van der Waals surface area contributed by atoms with Crippen molar-refractivity contribution >= 4 is 17.8 Å². The molecule has 21 heavy (non-hydrogen) atoms. The number of ketones is 2. The van der Waals surface area contributed by atoms with Gasteiger partial charge in [0.1, 0.15) is 5.76 Å². The molecule has 0 amide bonds. The van der Waals surface area contributed by atoms with Gasteiger partial charge in [0.15, 0.2) is 11.6 Å². The molecule has 0 unspecified atom stereocenters. The summed E-state index contributed by atoms with van der Waals surface area (Å²) in [5.74, 6) is 0.0733. The van der Waals surface area contributed by atoms with Gasteiger partial charge in [0, 0.05) is 37.3 Å². The van der Waals surface area contributed by atoms with E-state index >= 15 is 0 Å². The van der Waals surface area contributed by atoms with E-state index in [1.54, 1.807) is 0 Å². The molecule has 0 aromatic heterocycles. The Kier molecular flexibility index (Phi) is 3.91. The van der Waals surface area contributed by atoms with Gasteiger partial charge in [0.2, 0.25) is 0 Å². The number of carbonyl (C=O) groups excluding carboxylic acids is 2. The zero-order valence-corrected chi connectivity index (χ0v) is 13.2. The summed E-state index contributed by atoms with van der Waals surface area (Å²) in [6, 6.07) is 0. The number of Topliss-reactive ketones (excluding diaryl/α,β-unsaturated/α-hetero) is 1. The van der Waals surface area contributed by atoms with Crippen molar-refractivity contribution in [3.63, 3.8) is 0 Å². The molecule has 0 aromatic carbocycles. The summed E-state index contributed by atoms with van der Waals surface area (Å²) in [4.78, 5) is 28.0. The summed E-state index contributed by atoms with van der Waals surface area (Å²) in [7, 11) is 0. The molecule has 1 N–H and O–H groups in total. The second-order valence-electron chi connectivity index (χ2n) is 7.68. The number of aliphatic hydroxyl groups is 1. The molecular formula is C17H23NO3. The van der Waals surface area contributed by atoms with Crippen LogP contribution in [0.3, 0.4) is 0 Å². The molecule has 2 aliphatic rings. The van der Waals surface area contributed by atoms with Gasteiger partial charge in [-0.05, 0) is 17.3 Å². The van der Waals surface area contributed by atoms with Crippen LogP contribution in [0.15, 0.2) is 28.1 Å². The number of rotatable bonds is 2. The lowest BCUT2D eigenvalue weighted by molar-refractivity contribution is -0.118. The summed E-state index contributed by atoms with van der Waals surface area (Å²) in [5.41, 5.74) is 0.647. The molecule has 0 saturated heterocycles. The van der Waals surface area contributed by atoms with Crippen LogP contribution >= 0.6 is 0 Å². The van der Waals surface area contributed by atoms with E-state index in [1.807, 2.05) is 27.7 Å². The average molecular weight is 289 g/mol. The highest BCUT2D eigenvalue weighted by molar-refractivity contribution is 6.14. The molecule has 4 nitrogen and oxygen atoms in total. The molecule has 0 bridgehead atoms. The van der Waals surface area contributed by atoms with E-state index < -0.39 is 0 Å². The quantitative estimate of drug-likeness (QED) is 0.791. The summed E-state index contributed by atoms with van der Waals surface area (Å²) >= 11 is 0. The molecule has 0 atom stereocenters. The molecule has 114 valence electrons. The number of carbonyl (C=O) groups is 2. The normalized spacial score (nSPS) is 25.4. The predicted molar refractivity (Wildman–Crippen MR) is 82.3 cm³/mol. The van der Waals surface area contributed by atoms with Crippen molar-refractivity contribution in [2.24, 2.45) is 15.8 Å². The maximum atomic E-state index is 12.1. The molecule has 0 spiro atoms. The first-order chi connectivity index (χ1) is 9.58. The van der Waals surface area contributed by atoms with Crippen LogP contribution in [-0.4, -0.2) is 22.9 Å². The minimum Gasteiger partial charge on any atom is -0.511 e. The minimum atomic E-state index is -0.208. The van der Waals surface area contributed by atoms with Crippen molar-refractivity contribution in [1.82, 2.24) is 0 Å². The van der Waals surface area contributed by atoms with Crippen molar-refractivity contribution in [1.29, 1.82) is 0 Å². The predicted octanol–water partition coefficient (Wildman–Crippen LogP) is 3.53. The van der Waals surface area contributed by atoms with Gasteiger partial charge in [0.25, 0.3) is 0 Å². The summed E-state index contributed by atoms with van der Waals surface area (Å²) in [6.07, 6.45) is 5.06. The third kappa shape index (κ3) is 3.90. The van der Waals surface area contributed by atoms with E-state index in [4.69, 9.17) is 0 Å². The Morgan fingerprint density at radius 1 is 1.05 bits per heavy atom. The highest BCUT2D eigenvalue weighted by atomic mass is 16.3. The summed E-state index contributed by atoms with van der Waals surface area (Å²) in [5, 5.41) is 10.0. The third-order valence-electron chi connectivity index (χ3n) is 3.90. The van der Waals surface area contributed by atoms with E-state index in [9.17, 15) is 14.7 Å². The molecule has 2 aliphatic carbocycles. The van der Waals surface area contributed by atoms with Crippen molar-refractivity contribution in [2.45, 2.75) is 53.4 Å². The number of aliphatic imine (C=N–C) groups is 1. The number of hydrogen-bond donors (Lipinski definition) is 1. The first-order valence-electron chi connectivity index (χ1n) is 7.31. The molecule has 0 fully saturated rings. The summed E-state index contributed by atoms with van der Waals surface area (Å²) < 4.78 is 0. The first-order valence-corrected chi connectivity index (χ1v) is 7.31. The maximum Gasteiger partial charge on any atom is 0.168 e. The highest BCUT2D eigenvalue weighted by Crippen LogP contribution is 2.36. The second-order valence-corrected chi connectivity index (χ2v) is 7.68. The SMILES string of the molecule is CC1(C)CC(=O)C=C(N=CC2=C(O)CC(C)(C)CC2=O)C1. The van der Waals surface area contributed by atoms with E-state index in [0.717, 1.165) is 0 Å². The zero-order valence-electron chi connectivity index (χ0n) is 13.2. The fourth-order valence-electron chi connectivity index (χ4n) is 2.99. The van der Waals surface area contributed by atoms with Crippen LogP contribution in [0.1, 0.15) is 53.4 Å². The molecule has 0 aromatic rings. The molecule has 0 radical (unpaired) electrons. The highest BCUT2D eigenvalue weighted by Gasteiger charge is 2.32. The third-order valence-corrected chi connectivity index (χ3v) is 3.90. The minimum absolute atomic E-state index is 0.0627. The Balaban J connectivity index is 2.22. The van der Waals surface area contributed by atoms with Gasteiger partial charge in [-0.2, -0.15) is 0 Å². The van der Waals surface area contributed by atoms with Gasteiger partial charge >= 0.3 is 0 Å². The number of allylic oxidation sites excluding steroid dienone is 4. The second kappa shape index (κ2) is 5.24. The average Bonchev–Trinajstić information content (AvgIpc) is 2.22. The van der Waals surface area contributed by atoms with Crippen LogP contribution in [0.25, 0.3) is 0 Å². The molecule has 0 aliphatic heterocycles. The van der Waals surface area contributed by atoms with Gasteiger partial charge in [0.05, 0.1) is 5.57 Å². The number of nitrogens with zero attached hydrogens (tertiary/aromatic N) is 1. The van der Waals surface area contributed by atoms with E-state index in [2.05, 4.69) is 4.99 Å². The van der Waals surface area contributed by atoms with Crippen LogP contribution in [-0.2, 0) is 9.59 Å². The van der Waals surface area contributed by atoms with Crippen LogP contribution < -0.4 is 0 Å². The Morgan fingerprint density at radius 2 is 1.67 bits per heavy atom. The standard InChI is InChI=1S/C17H23NO3/c1-16(2)6-11(5-12(19)7-16)18-10-13-14(20)8-17(3,4)9-15(13)21/h5,10,20H,6-9H2,1-4H3. The van der Waals surface area contributed by atoms with Crippen molar-refractivity contribution in [2.75, 3.05) is 0 Å². The Bertz CT molecular complexity index is 577. The van der Waals surface area contributed by atoms with Crippen molar-refractivity contribution < 1.29 is 14.7 Å². The van der Waals surface area contributed by atoms with Crippen molar-refractivity contribution in [3.8, 4) is 0 Å². The fraction of sp³-hybridized carbons (Fsp3) is 0.588. The topological polar surface area (TPSA) is 66.7 Å². The number of aliphatic hydroxyl groups excluding tert-OH is 1. The lowest BCUT2D eigenvalue weighted by Gasteiger charge is -2.29. The molecule has 0 heterocycles. The van der Waals surface area contributed by atoms with Crippen LogP contribution in [0.2, 0.25) is 0 Å². The first kappa shape index (κ1) is 15.7. The Morgan fingerprint density at radius 3 is 2.24 bits per heavy atom. The van der Waals surface area contributed by atoms with E-state index in [1.165, 1.54) is 12.3 Å². The van der Waals surface area contributed by atoms with Gasteiger partial charge in [-0.1, -0.05) is 27.7 Å². The van der Waals surface area contributed by atoms with Crippen LogP contribution in [0.5, 0.6) is 0 Å². The van der Waals surface area contributed by atoms with Gasteiger partial charge < -0.3 is 5.11 Å². The fourth-order valence-corrected chi connectivity index (χ4v) is 2.99. The van der Waals surface area contributed by atoms with E-state index in [0.29, 0.717) is 31.4 Å². The largest absolute Gasteiger partial charge is 0.511 e. The lowest BCUT2D eigenvalue weighted by Crippen LogP contribution is -2.26. The zero-order chi connectivity index (χ0) is 15.8. The lowest BCUT2D eigenvalue weighted by atomic mass is 9.76. The van der Waals surface area contributed by atoms with Gasteiger partial charge in [-0.25, -0.2) is 0 Å². The van der Waals surface area contributed by atoms with Crippen LogP contribution in [0.4, 0.5) is 0 Å². The van der Waals surface area contributed by atoms with Crippen molar-refractivity contribution in [3.05, 3.63) is 23.1 Å². The van der Waals surface area contributed by atoms with Gasteiger partial charge in [-0.3, -0.25) is 14.6 Å². The number of hydrogen-bond acceptors (Lipinski definition) is 4. The molecule has 2 rings (SSSR count). The summed E-state index contributed by atoms with van der Waals surface area (Å²) in [6.45, 7) is 7.97. The van der Waals surface area contributed by atoms with Crippen LogP contribution in [0, 0.1) is 10.8 Å². The van der Waals surface area contributed by atoms with E-state index in [-0.39, 0.29) is 33.7 Å². The molecule has 0 saturated carbocycles. The Hall–Kier alpha value is -1.71. The van der Waals surface area contributed by atoms with Gasteiger partial charge in [-0.15, -0.1) is 0 Å². The molecule has 4 heteroatoms. The Labute approximate surface area is 125 Å². The smallest absolute Gasteiger partial charge is 0.168 e.